The number of methoxy groups -OCH3 is 1. The van der Waals surface area contributed by atoms with Gasteiger partial charge in [-0.25, -0.2) is 0 Å². The summed E-state index contributed by atoms with van der Waals surface area (Å²) in [5.41, 5.74) is 1.87. The summed E-state index contributed by atoms with van der Waals surface area (Å²) >= 11 is 0. The van der Waals surface area contributed by atoms with E-state index < -0.39 is 6.10 Å². The van der Waals surface area contributed by atoms with E-state index in [0.29, 0.717) is 0 Å². The SMILES string of the molecule is CCCCN(CCCC)CCCCCCCC(O)c1ccnc2ccc(OC)cc12. The molecule has 0 amide bonds. The maximum absolute atomic E-state index is 10.7. The van der Waals surface area contributed by atoms with Crippen LogP contribution in [0.1, 0.15) is 89.7 Å². The fraction of sp³-hybridized carbons (Fsp3) is 0.654. The molecule has 0 aliphatic heterocycles. The van der Waals surface area contributed by atoms with Crippen LogP contribution in [0.3, 0.4) is 0 Å². The van der Waals surface area contributed by atoms with E-state index in [-0.39, 0.29) is 0 Å². The van der Waals surface area contributed by atoms with Crippen LogP contribution in [0, 0.1) is 0 Å². The van der Waals surface area contributed by atoms with Crippen molar-refractivity contribution >= 4 is 10.9 Å². The molecule has 30 heavy (non-hydrogen) atoms. The molecule has 0 aliphatic carbocycles. The van der Waals surface area contributed by atoms with Crippen molar-refractivity contribution in [3.63, 3.8) is 0 Å². The Morgan fingerprint density at radius 1 is 0.900 bits per heavy atom. The molecule has 1 atom stereocenters. The number of hydrogen-bond donors (Lipinski definition) is 1. The Hall–Kier alpha value is -1.65. The number of aromatic nitrogens is 1. The maximum atomic E-state index is 10.7. The Kier molecular flexibility index (Phi) is 11.8. The van der Waals surface area contributed by atoms with Gasteiger partial charge in [-0.15, -0.1) is 0 Å². The zero-order chi connectivity index (χ0) is 21.6. The Bertz CT molecular complexity index is 711. The second-order valence-electron chi connectivity index (χ2n) is 8.40. The van der Waals surface area contributed by atoms with Crippen LogP contribution in [-0.4, -0.2) is 41.7 Å². The summed E-state index contributed by atoms with van der Waals surface area (Å²) in [6, 6.07) is 7.78. The Morgan fingerprint density at radius 3 is 2.27 bits per heavy atom. The van der Waals surface area contributed by atoms with Crippen molar-refractivity contribution in [1.29, 1.82) is 0 Å². The monoisotopic (exact) mass is 414 g/mol. The fourth-order valence-corrected chi connectivity index (χ4v) is 4.02. The molecule has 1 aromatic carbocycles. The lowest BCUT2D eigenvalue weighted by atomic mass is 9.99. The molecule has 0 bridgehead atoms. The molecule has 2 rings (SSSR count). The lowest BCUT2D eigenvalue weighted by Crippen LogP contribution is -2.27. The number of aliphatic hydroxyl groups excluding tert-OH is 1. The molecule has 1 aromatic heterocycles. The molecule has 1 unspecified atom stereocenters. The molecular weight excluding hydrogens is 372 g/mol. The third kappa shape index (κ3) is 8.23. The maximum Gasteiger partial charge on any atom is 0.119 e. The highest BCUT2D eigenvalue weighted by Gasteiger charge is 2.12. The number of benzene rings is 1. The summed E-state index contributed by atoms with van der Waals surface area (Å²) in [6.07, 6.45) is 13.4. The molecular formula is C26H42N2O2. The summed E-state index contributed by atoms with van der Waals surface area (Å²) in [6.45, 7) is 8.31. The van der Waals surface area contributed by atoms with Crippen LogP contribution in [-0.2, 0) is 0 Å². The number of fused-ring (bicyclic) bond motifs is 1. The van der Waals surface area contributed by atoms with Gasteiger partial charge in [0, 0.05) is 11.6 Å². The lowest BCUT2D eigenvalue weighted by molar-refractivity contribution is 0.164. The molecule has 0 spiro atoms. The van der Waals surface area contributed by atoms with Gasteiger partial charge in [0.25, 0.3) is 0 Å². The van der Waals surface area contributed by atoms with Gasteiger partial charge in [0.05, 0.1) is 18.7 Å². The van der Waals surface area contributed by atoms with Crippen molar-refractivity contribution in [1.82, 2.24) is 9.88 Å². The summed E-state index contributed by atoms with van der Waals surface area (Å²) in [4.78, 5) is 7.06. The van der Waals surface area contributed by atoms with Gasteiger partial charge in [0.1, 0.15) is 5.75 Å². The second-order valence-corrected chi connectivity index (χ2v) is 8.40. The van der Waals surface area contributed by atoms with Crippen LogP contribution in [0.2, 0.25) is 0 Å². The van der Waals surface area contributed by atoms with Gasteiger partial charge >= 0.3 is 0 Å². The van der Waals surface area contributed by atoms with Crippen molar-refractivity contribution in [2.45, 2.75) is 84.2 Å². The largest absolute Gasteiger partial charge is 0.497 e. The van der Waals surface area contributed by atoms with Crippen LogP contribution in [0.15, 0.2) is 30.5 Å². The Labute approximate surface area is 183 Å². The van der Waals surface area contributed by atoms with E-state index in [1.54, 1.807) is 13.3 Å². The topological polar surface area (TPSA) is 45.6 Å². The number of nitrogens with zero attached hydrogens (tertiary/aromatic N) is 2. The van der Waals surface area contributed by atoms with Crippen LogP contribution in [0.4, 0.5) is 0 Å². The highest BCUT2D eigenvalue weighted by Crippen LogP contribution is 2.29. The third-order valence-electron chi connectivity index (χ3n) is 5.95. The molecule has 4 heteroatoms. The quantitative estimate of drug-likeness (QED) is 0.318. The van der Waals surface area contributed by atoms with Crippen LogP contribution < -0.4 is 4.74 Å². The number of rotatable bonds is 16. The number of unbranched alkanes of at least 4 members (excludes halogenated alkanes) is 6. The van der Waals surface area contributed by atoms with E-state index in [1.807, 2.05) is 24.3 Å². The van der Waals surface area contributed by atoms with Crippen LogP contribution in [0.5, 0.6) is 5.75 Å². The average molecular weight is 415 g/mol. The zero-order valence-corrected chi connectivity index (χ0v) is 19.4. The van der Waals surface area contributed by atoms with Crippen molar-refractivity contribution in [3.8, 4) is 5.75 Å². The normalized spacial score (nSPS) is 12.6. The van der Waals surface area contributed by atoms with E-state index >= 15 is 0 Å². The highest BCUT2D eigenvalue weighted by molar-refractivity contribution is 5.83. The Morgan fingerprint density at radius 2 is 1.57 bits per heavy atom. The molecule has 0 fully saturated rings. The Balaban J connectivity index is 1.70. The third-order valence-corrected chi connectivity index (χ3v) is 5.95. The minimum atomic E-state index is -0.443. The zero-order valence-electron chi connectivity index (χ0n) is 19.4. The molecule has 0 radical (unpaired) electrons. The van der Waals surface area contributed by atoms with Crippen molar-refractivity contribution in [2.75, 3.05) is 26.7 Å². The van der Waals surface area contributed by atoms with Crippen LogP contribution >= 0.6 is 0 Å². The lowest BCUT2D eigenvalue weighted by Gasteiger charge is -2.21. The highest BCUT2D eigenvalue weighted by atomic mass is 16.5. The van der Waals surface area contributed by atoms with E-state index in [9.17, 15) is 5.11 Å². The minimum absolute atomic E-state index is 0.443. The number of aliphatic hydroxyl groups is 1. The van der Waals surface area contributed by atoms with E-state index in [1.165, 1.54) is 71.0 Å². The van der Waals surface area contributed by atoms with Crippen molar-refractivity contribution in [3.05, 3.63) is 36.0 Å². The fourth-order valence-electron chi connectivity index (χ4n) is 4.02. The molecule has 168 valence electrons. The van der Waals surface area contributed by atoms with E-state index in [2.05, 4.69) is 23.7 Å². The molecule has 0 aliphatic rings. The number of hydrogen-bond acceptors (Lipinski definition) is 4. The van der Waals surface area contributed by atoms with Gasteiger partial charge in [-0.2, -0.15) is 0 Å². The standard InChI is InChI=1S/C26H42N2O2/c1-4-6-18-28(19-7-5-2)20-12-10-8-9-11-13-26(29)23-16-17-27-25-15-14-22(30-3)21-24(23)25/h14-17,21,26,29H,4-13,18-20H2,1-3H3. The molecule has 4 nitrogen and oxygen atoms in total. The van der Waals surface area contributed by atoms with Gasteiger partial charge in [0.2, 0.25) is 0 Å². The van der Waals surface area contributed by atoms with Crippen molar-refractivity contribution in [2.24, 2.45) is 0 Å². The van der Waals surface area contributed by atoms with Gasteiger partial charge in [-0.1, -0.05) is 52.4 Å². The molecule has 0 saturated carbocycles. The first kappa shape index (κ1) is 24.6. The van der Waals surface area contributed by atoms with Crippen LogP contribution in [0.25, 0.3) is 10.9 Å². The van der Waals surface area contributed by atoms with E-state index in [0.717, 1.165) is 35.1 Å². The average Bonchev–Trinajstić information content (AvgIpc) is 2.78. The first-order chi connectivity index (χ1) is 14.7. The number of pyridine rings is 1. The molecule has 0 saturated heterocycles. The summed E-state index contributed by atoms with van der Waals surface area (Å²) < 4.78 is 5.34. The predicted molar refractivity (Wildman–Crippen MR) is 127 cm³/mol. The smallest absolute Gasteiger partial charge is 0.119 e. The molecule has 1 N–H and O–H groups in total. The van der Waals surface area contributed by atoms with Gasteiger partial charge in [-0.05, 0) is 75.1 Å². The minimum Gasteiger partial charge on any atom is -0.497 e. The van der Waals surface area contributed by atoms with Gasteiger partial charge < -0.3 is 14.7 Å². The summed E-state index contributed by atoms with van der Waals surface area (Å²) in [5.74, 6) is 0.802. The number of ether oxygens (including phenoxy) is 1. The first-order valence-corrected chi connectivity index (χ1v) is 12.0. The first-order valence-electron chi connectivity index (χ1n) is 12.0. The summed E-state index contributed by atoms with van der Waals surface area (Å²) in [7, 11) is 1.67. The molecule has 1 heterocycles. The van der Waals surface area contributed by atoms with Gasteiger partial charge in [-0.3, -0.25) is 4.98 Å². The van der Waals surface area contributed by atoms with Gasteiger partial charge in [0.15, 0.2) is 0 Å². The van der Waals surface area contributed by atoms with E-state index in [4.69, 9.17) is 4.74 Å². The second kappa shape index (κ2) is 14.4. The molecule has 2 aromatic rings. The summed E-state index contributed by atoms with van der Waals surface area (Å²) in [5, 5.41) is 11.7. The van der Waals surface area contributed by atoms with Crippen molar-refractivity contribution < 1.29 is 9.84 Å². The predicted octanol–water partition coefficient (Wildman–Crippen LogP) is 6.52.